The van der Waals surface area contributed by atoms with Crippen molar-refractivity contribution in [3.05, 3.63) is 52.8 Å². The van der Waals surface area contributed by atoms with Gasteiger partial charge in [-0.05, 0) is 48.9 Å². The zero-order valence-electron chi connectivity index (χ0n) is 14.7. The number of ether oxygens (including phenoxy) is 1. The molecule has 0 bridgehead atoms. The second-order valence-electron chi connectivity index (χ2n) is 6.19. The first-order chi connectivity index (χ1) is 13.4. The third-order valence-electron chi connectivity index (χ3n) is 4.22. The third kappa shape index (κ3) is 4.09. The summed E-state index contributed by atoms with van der Waals surface area (Å²) >= 11 is 0. The first kappa shape index (κ1) is 20.8. The lowest BCUT2D eigenvalue weighted by atomic mass is 10.0. The van der Waals surface area contributed by atoms with E-state index in [9.17, 15) is 30.8 Å². The van der Waals surface area contributed by atoms with Crippen molar-refractivity contribution in [2.75, 3.05) is 0 Å². The van der Waals surface area contributed by atoms with Gasteiger partial charge in [-0.1, -0.05) is 0 Å². The molecule has 2 aromatic carbocycles. The van der Waals surface area contributed by atoms with Gasteiger partial charge in [0, 0.05) is 5.22 Å². The van der Waals surface area contributed by atoms with E-state index in [2.05, 4.69) is 9.73 Å². The molecule has 1 aliphatic heterocycles. The molecule has 1 atom stereocenters. The first-order valence-corrected chi connectivity index (χ1v) is 9.60. The molecular formula is C18H13F4NO5S. The summed E-state index contributed by atoms with van der Waals surface area (Å²) in [5.41, 5.74) is 0.127. The zero-order valence-corrected chi connectivity index (χ0v) is 15.5. The monoisotopic (exact) mass is 431 g/mol. The van der Waals surface area contributed by atoms with Gasteiger partial charge in [0.15, 0.2) is 0 Å². The van der Waals surface area contributed by atoms with Crippen LogP contribution in [0.2, 0.25) is 0 Å². The number of rotatable bonds is 5. The summed E-state index contributed by atoms with van der Waals surface area (Å²) in [5, 5.41) is 9.11. The highest BCUT2D eigenvalue weighted by molar-refractivity contribution is 7.91. The van der Waals surface area contributed by atoms with Crippen molar-refractivity contribution in [3.63, 3.8) is 0 Å². The second kappa shape index (κ2) is 7.14. The van der Waals surface area contributed by atoms with E-state index in [0.29, 0.717) is 0 Å². The van der Waals surface area contributed by atoms with Crippen LogP contribution in [0, 0.1) is 5.82 Å². The molecule has 6 nitrogen and oxygen atoms in total. The van der Waals surface area contributed by atoms with E-state index in [1.807, 2.05) is 0 Å². The molecule has 0 fully saturated rings. The fraction of sp³-hybridized carbons (Fsp3) is 0.222. The Kier molecular flexibility index (Phi) is 5.11. The third-order valence-corrected chi connectivity index (χ3v) is 6.05. The lowest BCUT2D eigenvalue weighted by Crippen LogP contribution is -2.32. The summed E-state index contributed by atoms with van der Waals surface area (Å²) in [7, 11) is -4.53. The molecule has 0 saturated heterocycles. The number of hydrogen-bond donors (Lipinski definition) is 1. The SMILES string of the molecule is CC1N=c2ccc(F)c(S(=O)(=O)c3ccc(OC(F)(F)F)cc3)c2=C1CC(=O)O. The van der Waals surface area contributed by atoms with E-state index < -0.39 is 56.0 Å². The van der Waals surface area contributed by atoms with Gasteiger partial charge in [0.2, 0.25) is 9.84 Å². The molecule has 1 aliphatic rings. The van der Waals surface area contributed by atoms with E-state index in [4.69, 9.17) is 5.11 Å². The van der Waals surface area contributed by atoms with Gasteiger partial charge in [0.1, 0.15) is 16.5 Å². The minimum absolute atomic E-state index is 0.127. The average molecular weight is 431 g/mol. The van der Waals surface area contributed by atoms with Crippen molar-refractivity contribution < 1.29 is 40.6 Å². The lowest BCUT2D eigenvalue weighted by molar-refractivity contribution is -0.274. The molecule has 0 spiro atoms. The van der Waals surface area contributed by atoms with E-state index in [1.54, 1.807) is 6.92 Å². The largest absolute Gasteiger partial charge is 0.573 e. The molecule has 0 aliphatic carbocycles. The normalized spacial score (nSPS) is 16.3. The Bertz CT molecular complexity index is 1200. The Morgan fingerprint density at radius 3 is 2.34 bits per heavy atom. The highest BCUT2D eigenvalue weighted by atomic mass is 32.2. The number of alkyl halides is 3. The summed E-state index contributed by atoms with van der Waals surface area (Å²) < 4.78 is 81.2. The smallest absolute Gasteiger partial charge is 0.481 e. The fourth-order valence-electron chi connectivity index (χ4n) is 3.06. The maximum atomic E-state index is 14.6. The van der Waals surface area contributed by atoms with Crippen molar-refractivity contribution in [1.82, 2.24) is 0 Å². The van der Waals surface area contributed by atoms with E-state index in [-0.39, 0.29) is 16.1 Å². The molecule has 154 valence electrons. The van der Waals surface area contributed by atoms with E-state index in [0.717, 1.165) is 30.3 Å². The van der Waals surface area contributed by atoms with Crippen molar-refractivity contribution in [3.8, 4) is 5.75 Å². The van der Waals surface area contributed by atoms with Crippen LogP contribution < -0.4 is 15.3 Å². The Morgan fingerprint density at radius 2 is 1.79 bits per heavy atom. The zero-order chi connectivity index (χ0) is 21.6. The van der Waals surface area contributed by atoms with E-state index >= 15 is 0 Å². The van der Waals surface area contributed by atoms with Crippen LogP contribution in [-0.4, -0.2) is 31.9 Å². The summed E-state index contributed by atoms with van der Waals surface area (Å²) in [6.07, 6.45) is -5.49. The standard InChI is InChI=1S/C18H13F4NO5S/c1-9-12(8-15(24)25)16-14(23-9)7-6-13(19)17(16)29(26,27)11-4-2-10(3-5-11)28-18(20,21)22/h2-7,9H,8H2,1H3,(H,24,25). The number of sulfone groups is 1. The number of aliphatic carboxylic acids is 1. The highest BCUT2D eigenvalue weighted by Gasteiger charge is 2.32. The summed E-state index contributed by atoms with van der Waals surface area (Å²) in [5.74, 6) is -3.00. The topological polar surface area (TPSA) is 93.0 Å². The van der Waals surface area contributed by atoms with Crippen LogP contribution >= 0.6 is 0 Å². The van der Waals surface area contributed by atoms with Crippen molar-refractivity contribution in [2.45, 2.75) is 35.5 Å². The minimum Gasteiger partial charge on any atom is -0.481 e. The molecule has 2 aromatic rings. The van der Waals surface area contributed by atoms with Gasteiger partial charge >= 0.3 is 12.3 Å². The summed E-state index contributed by atoms with van der Waals surface area (Å²) in [6.45, 7) is 1.55. The maximum absolute atomic E-state index is 14.6. The van der Waals surface area contributed by atoms with Crippen molar-refractivity contribution >= 4 is 21.4 Å². The molecule has 0 aromatic heterocycles. The van der Waals surface area contributed by atoms with Crippen LogP contribution in [0.25, 0.3) is 5.57 Å². The fourth-order valence-corrected chi connectivity index (χ4v) is 4.62. The van der Waals surface area contributed by atoms with Crippen LogP contribution in [0.1, 0.15) is 13.3 Å². The lowest BCUT2D eigenvalue weighted by Gasteiger charge is -2.11. The van der Waals surface area contributed by atoms with Gasteiger partial charge in [0.05, 0.1) is 22.7 Å². The highest BCUT2D eigenvalue weighted by Crippen LogP contribution is 2.27. The molecule has 3 rings (SSSR count). The minimum atomic E-state index is -4.95. The number of carboxylic acids is 1. The quantitative estimate of drug-likeness (QED) is 0.733. The molecule has 0 radical (unpaired) electrons. The van der Waals surface area contributed by atoms with Crippen LogP contribution in [0.15, 0.2) is 51.2 Å². The Balaban J connectivity index is 2.20. The van der Waals surface area contributed by atoms with Gasteiger partial charge in [-0.15, -0.1) is 13.2 Å². The van der Waals surface area contributed by atoms with Gasteiger partial charge < -0.3 is 9.84 Å². The number of halogens is 4. The summed E-state index contributed by atoms with van der Waals surface area (Å²) in [6, 6.07) is 4.75. The Morgan fingerprint density at radius 1 is 1.17 bits per heavy atom. The number of fused-ring (bicyclic) bond motifs is 1. The molecule has 0 saturated carbocycles. The molecule has 0 amide bonds. The first-order valence-electron chi connectivity index (χ1n) is 8.12. The van der Waals surface area contributed by atoms with Gasteiger partial charge in [0.25, 0.3) is 0 Å². The second-order valence-corrected chi connectivity index (χ2v) is 8.08. The molecular weight excluding hydrogens is 418 g/mol. The maximum Gasteiger partial charge on any atom is 0.573 e. The van der Waals surface area contributed by atoms with Gasteiger partial charge in [-0.3, -0.25) is 9.79 Å². The van der Waals surface area contributed by atoms with Crippen LogP contribution in [0.3, 0.4) is 0 Å². The number of nitrogens with zero attached hydrogens (tertiary/aromatic N) is 1. The van der Waals surface area contributed by atoms with Crippen LogP contribution in [-0.2, 0) is 14.6 Å². The number of benzene rings is 2. The van der Waals surface area contributed by atoms with Crippen molar-refractivity contribution in [1.29, 1.82) is 0 Å². The predicted molar refractivity (Wildman–Crippen MR) is 90.9 cm³/mol. The van der Waals surface area contributed by atoms with Gasteiger partial charge in [-0.2, -0.15) is 0 Å². The Labute approximate surface area is 161 Å². The molecule has 1 unspecified atom stereocenters. The molecule has 1 heterocycles. The van der Waals surface area contributed by atoms with E-state index in [1.165, 1.54) is 6.07 Å². The average Bonchev–Trinajstić information content (AvgIpc) is 2.89. The van der Waals surface area contributed by atoms with Crippen LogP contribution in [0.5, 0.6) is 5.75 Å². The molecule has 29 heavy (non-hydrogen) atoms. The molecule has 11 heteroatoms. The number of hydrogen-bond acceptors (Lipinski definition) is 5. The number of carbonyl (C=O) groups is 1. The van der Waals surface area contributed by atoms with Crippen molar-refractivity contribution in [2.24, 2.45) is 4.99 Å². The predicted octanol–water partition coefficient (Wildman–Crippen LogP) is 2.20. The van der Waals surface area contributed by atoms with Crippen LogP contribution in [0.4, 0.5) is 17.6 Å². The molecule has 1 N–H and O–H groups in total. The Hall–Kier alpha value is -2.95. The number of carboxylic acid groups (broad SMARTS) is 1. The summed E-state index contributed by atoms with van der Waals surface area (Å²) in [4.78, 5) is 14.1. The van der Waals surface area contributed by atoms with Gasteiger partial charge in [-0.25, -0.2) is 12.8 Å².